The normalized spacial score (nSPS) is 15.3. The summed E-state index contributed by atoms with van der Waals surface area (Å²) >= 11 is 0. The summed E-state index contributed by atoms with van der Waals surface area (Å²) in [6, 6.07) is 13.1. The fourth-order valence-electron chi connectivity index (χ4n) is 4.26. The highest BCUT2D eigenvalue weighted by molar-refractivity contribution is 5.46. The van der Waals surface area contributed by atoms with Crippen LogP contribution in [0.2, 0.25) is 0 Å². The van der Waals surface area contributed by atoms with Crippen molar-refractivity contribution in [3.8, 4) is 17.2 Å². The average Bonchev–Trinajstić information content (AvgIpc) is 2.79. The quantitative estimate of drug-likeness (QED) is 0.374. The van der Waals surface area contributed by atoms with E-state index in [4.69, 9.17) is 14.2 Å². The first-order chi connectivity index (χ1) is 16.6. The minimum absolute atomic E-state index is 0.129. The largest absolute Gasteiger partial charge is 0.507 e. The van der Waals surface area contributed by atoms with E-state index in [0.29, 0.717) is 33.4 Å². The second-order valence-corrected chi connectivity index (χ2v) is 10.2. The maximum atomic E-state index is 11.0. The Balaban J connectivity index is 1.73. The third kappa shape index (κ3) is 5.78. The van der Waals surface area contributed by atoms with Crippen LogP contribution in [0, 0.1) is 6.92 Å². The van der Waals surface area contributed by atoms with E-state index >= 15 is 0 Å². The second kappa shape index (κ2) is 10.3. The number of aryl methyl sites for hydroxylation is 1. The first-order valence-corrected chi connectivity index (χ1v) is 11.8. The van der Waals surface area contributed by atoms with Gasteiger partial charge in [-0.2, -0.15) is 0 Å². The molecule has 0 saturated heterocycles. The lowest BCUT2D eigenvalue weighted by molar-refractivity contribution is 0.0930. The molecule has 0 atom stereocenters. The van der Waals surface area contributed by atoms with Crippen molar-refractivity contribution in [1.82, 2.24) is 0 Å². The molecule has 0 aliphatic carbocycles. The van der Waals surface area contributed by atoms with Gasteiger partial charge in [0.05, 0.1) is 39.6 Å². The molecular formula is C29H34O6. The molecule has 0 spiro atoms. The Morgan fingerprint density at radius 3 is 1.31 bits per heavy atom. The van der Waals surface area contributed by atoms with Crippen molar-refractivity contribution in [1.29, 1.82) is 0 Å². The minimum atomic E-state index is -0.134. The molecule has 1 heterocycles. The fourth-order valence-corrected chi connectivity index (χ4v) is 4.26. The smallest absolute Gasteiger partial charge is 0.126 e. The standard InChI is InChI=1S/C29H34O6/c1-18-8-21-14-33-12-19-6-5-7-20(26(19)30)13-34-16-23-10-25(29(2,3)4)11-24(28(23)32)17-35-15-22(9-18)27(21)31/h5-11,30-32H,12-17H2,1-4H3. The van der Waals surface area contributed by atoms with Crippen molar-refractivity contribution in [2.24, 2.45) is 0 Å². The van der Waals surface area contributed by atoms with E-state index < -0.39 is 0 Å². The molecule has 0 aromatic heterocycles. The SMILES string of the molecule is Cc1cc2c(O)c(c1)COCc1cc(C(C)(C)C)cc(c1O)COCc1cccc(c1O)COC2. The summed E-state index contributed by atoms with van der Waals surface area (Å²) in [5.74, 6) is 0.403. The first-order valence-electron chi connectivity index (χ1n) is 11.8. The van der Waals surface area contributed by atoms with Gasteiger partial charge in [-0.05, 0) is 30.0 Å². The van der Waals surface area contributed by atoms with E-state index in [9.17, 15) is 15.3 Å². The molecule has 35 heavy (non-hydrogen) atoms. The minimum Gasteiger partial charge on any atom is -0.507 e. The van der Waals surface area contributed by atoms with Gasteiger partial charge in [0, 0.05) is 33.4 Å². The monoisotopic (exact) mass is 478 g/mol. The molecule has 0 radical (unpaired) electrons. The van der Waals surface area contributed by atoms with Crippen LogP contribution >= 0.6 is 0 Å². The second-order valence-electron chi connectivity index (χ2n) is 10.2. The molecule has 3 N–H and O–H groups in total. The Morgan fingerprint density at radius 2 is 0.914 bits per heavy atom. The van der Waals surface area contributed by atoms with E-state index in [1.165, 1.54) is 0 Å². The van der Waals surface area contributed by atoms with Crippen molar-refractivity contribution in [2.75, 3.05) is 0 Å². The number of fused-ring (bicyclic) bond motifs is 6. The van der Waals surface area contributed by atoms with Crippen LogP contribution in [-0.4, -0.2) is 15.3 Å². The predicted molar refractivity (Wildman–Crippen MR) is 133 cm³/mol. The highest BCUT2D eigenvalue weighted by atomic mass is 16.5. The zero-order valence-corrected chi connectivity index (χ0v) is 20.9. The molecule has 3 aromatic carbocycles. The summed E-state index contributed by atoms with van der Waals surface area (Å²) < 4.78 is 17.7. The number of hydrogen-bond acceptors (Lipinski definition) is 6. The molecule has 0 amide bonds. The average molecular weight is 479 g/mol. The third-order valence-corrected chi connectivity index (χ3v) is 6.29. The molecule has 6 nitrogen and oxygen atoms in total. The van der Waals surface area contributed by atoms with Gasteiger partial charge in [-0.15, -0.1) is 0 Å². The Kier molecular flexibility index (Phi) is 7.36. The van der Waals surface area contributed by atoms with E-state index in [0.717, 1.165) is 11.1 Å². The van der Waals surface area contributed by atoms with Crippen molar-refractivity contribution >= 4 is 0 Å². The fraction of sp³-hybridized carbons (Fsp3) is 0.379. The summed E-state index contributed by atoms with van der Waals surface area (Å²) in [5.41, 5.74) is 5.83. The number of benzene rings is 3. The molecule has 4 rings (SSSR count). The Morgan fingerprint density at radius 1 is 0.571 bits per heavy atom. The zero-order chi connectivity index (χ0) is 25.2. The van der Waals surface area contributed by atoms with Crippen LogP contribution in [-0.2, 0) is 59.3 Å². The van der Waals surface area contributed by atoms with Gasteiger partial charge in [0.2, 0.25) is 0 Å². The van der Waals surface area contributed by atoms with Crippen LogP contribution in [0.25, 0.3) is 0 Å². The van der Waals surface area contributed by atoms with Crippen molar-refractivity contribution in [2.45, 2.75) is 72.8 Å². The van der Waals surface area contributed by atoms with Gasteiger partial charge in [0.1, 0.15) is 17.2 Å². The summed E-state index contributed by atoms with van der Waals surface area (Å²) in [6.45, 7) is 9.44. The van der Waals surface area contributed by atoms with E-state index in [1.54, 1.807) is 12.1 Å². The van der Waals surface area contributed by atoms with E-state index in [-0.39, 0.29) is 62.3 Å². The summed E-state index contributed by atoms with van der Waals surface area (Å²) in [7, 11) is 0. The molecule has 6 heteroatoms. The van der Waals surface area contributed by atoms with Crippen molar-refractivity contribution in [3.63, 3.8) is 0 Å². The van der Waals surface area contributed by atoms with Crippen LogP contribution in [0.5, 0.6) is 17.2 Å². The number of hydrogen-bond donors (Lipinski definition) is 3. The van der Waals surface area contributed by atoms with Gasteiger partial charge in [0.25, 0.3) is 0 Å². The number of rotatable bonds is 0. The van der Waals surface area contributed by atoms with Gasteiger partial charge >= 0.3 is 0 Å². The number of para-hydroxylation sites is 1. The van der Waals surface area contributed by atoms with Crippen LogP contribution in [0.3, 0.4) is 0 Å². The maximum absolute atomic E-state index is 11.0. The first kappa shape index (κ1) is 25.0. The van der Waals surface area contributed by atoms with Crippen LogP contribution < -0.4 is 0 Å². The lowest BCUT2D eigenvalue weighted by Crippen LogP contribution is -2.13. The Labute approximate surface area is 206 Å². The number of ether oxygens (including phenoxy) is 3. The molecule has 1 aliphatic rings. The van der Waals surface area contributed by atoms with Gasteiger partial charge in [-0.3, -0.25) is 0 Å². The third-order valence-electron chi connectivity index (χ3n) is 6.29. The molecule has 0 unspecified atom stereocenters. The van der Waals surface area contributed by atoms with E-state index in [1.807, 2.05) is 37.3 Å². The highest BCUT2D eigenvalue weighted by Crippen LogP contribution is 2.34. The van der Waals surface area contributed by atoms with Crippen LogP contribution in [0.1, 0.15) is 65.3 Å². The lowest BCUT2D eigenvalue weighted by atomic mass is 9.85. The van der Waals surface area contributed by atoms with Crippen LogP contribution in [0.15, 0.2) is 42.5 Å². The van der Waals surface area contributed by atoms with Crippen molar-refractivity contribution in [3.05, 3.63) is 87.0 Å². The Hall–Kier alpha value is -3.06. The topological polar surface area (TPSA) is 88.4 Å². The summed E-state index contributed by atoms with van der Waals surface area (Å²) in [6.07, 6.45) is 0. The highest BCUT2D eigenvalue weighted by Gasteiger charge is 2.20. The number of phenols is 3. The molecule has 0 saturated carbocycles. The molecule has 1 aliphatic heterocycles. The molecule has 0 fully saturated rings. The molecule has 186 valence electrons. The van der Waals surface area contributed by atoms with Gasteiger partial charge in [0.15, 0.2) is 0 Å². The van der Waals surface area contributed by atoms with Gasteiger partial charge < -0.3 is 29.5 Å². The van der Waals surface area contributed by atoms with Crippen LogP contribution in [0.4, 0.5) is 0 Å². The predicted octanol–water partition coefficient (Wildman–Crippen LogP) is 5.87. The summed E-state index contributed by atoms with van der Waals surface area (Å²) in [4.78, 5) is 0. The summed E-state index contributed by atoms with van der Waals surface area (Å²) in [5, 5.41) is 32.6. The van der Waals surface area contributed by atoms with Gasteiger partial charge in [-0.1, -0.05) is 56.7 Å². The molecule has 6 bridgehead atoms. The van der Waals surface area contributed by atoms with Gasteiger partial charge in [-0.25, -0.2) is 0 Å². The molecule has 3 aromatic rings. The maximum Gasteiger partial charge on any atom is 0.126 e. The van der Waals surface area contributed by atoms with E-state index in [2.05, 4.69) is 20.8 Å². The number of aromatic hydroxyl groups is 3. The lowest BCUT2D eigenvalue weighted by Gasteiger charge is -2.23. The number of phenolic OH excluding ortho intramolecular Hbond substituents is 3. The zero-order valence-electron chi connectivity index (χ0n) is 20.9. The van der Waals surface area contributed by atoms with Crippen molar-refractivity contribution < 1.29 is 29.5 Å². The molecular weight excluding hydrogens is 444 g/mol. The Bertz CT molecular complexity index is 1210.